The van der Waals surface area contributed by atoms with Gasteiger partial charge in [0.1, 0.15) is 0 Å². The van der Waals surface area contributed by atoms with Gasteiger partial charge in [-0.1, -0.05) is 0 Å². The molecule has 0 saturated carbocycles. The van der Waals surface area contributed by atoms with E-state index in [2.05, 4.69) is 0 Å². The van der Waals surface area contributed by atoms with Gasteiger partial charge in [-0.15, -0.1) is 0 Å². The summed E-state index contributed by atoms with van der Waals surface area (Å²) in [4.78, 5) is 1.88. The minimum absolute atomic E-state index is 0.162. The third kappa shape index (κ3) is 5.18. The van der Waals surface area contributed by atoms with Crippen molar-refractivity contribution < 1.29 is 9.47 Å². The highest BCUT2D eigenvalue weighted by Crippen LogP contribution is 2.11. The summed E-state index contributed by atoms with van der Waals surface area (Å²) in [6.07, 6.45) is -0.255. The Balaban J connectivity index is 3.88. The fourth-order valence-electron chi connectivity index (χ4n) is 0.667. The molecule has 0 aromatic rings. The van der Waals surface area contributed by atoms with Gasteiger partial charge in [-0.3, -0.25) is 4.90 Å². The second-order valence-corrected chi connectivity index (χ2v) is 3.74. The summed E-state index contributed by atoms with van der Waals surface area (Å²) < 4.78 is 10.6. The first-order chi connectivity index (χ1) is 4.87. The van der Waals surface area contributed by atoms with Crippen molar-refractivity contribution >= 4 is 0 Å². The number of hydrogen-bond acceptors (Lipinski definition) is 3. The van der Waals surface area contributed by atoms with E-state index in [4.69, 9.17) is 9.47 Å². The van der Waals surface area contributed by atoms with Gasteiger partial charge >= 0.3 is 0 Å². The highest BCUT2D eigenvalue weighted by molar-refractivity contribution is 4.59. The van der Waals surface area contributed by atoms with Crippen molar-refractivity contribution in [2.24, 2.45) is 0 Å². The van der Waals surface area contributed by atoms with Crippen LogP contribution in [-0.4, -0.2) is 38.1 Å². The van der Waals surface area contributed by atoms with Gasteiger partial charge in [0.15, 0.2) is 0 Å². The van der Waals surface area contributed by atoms with Crippen LogP contribution in [0.1, 0.15) is 20.8 Å². The second-order valence-electron chi connectivity index (χ2n) is 3.74. The van der Waals surface area contributed by atoms with E-state index >= 15 is 0 Å². The zero-order valence-electron chi connectivity index (χ0n) is 8.34. The first kappa shape index (κ1) is 10.9. The molecule has 0 aromatic carbocycles. The van der Waals surface area contributed by atoms with Crippen molar-refractivity contribution in [2.75, 3.05) is 21.2 Å². The van der Waals surface area contributed by atoms with Gasteiger partial charge in [-0.05, 0) is 34.9 Å². The van der Waals surface area contributed by atoms with Crippen molar-refractivity contribution in [1.82, 2.24) is 4.90 Å². The van der Waals surface area contributed by atoms with Crippen LogP contribution in [0.2, 0.25) is 0 Å². The van der Waals surface area contributed by atoms with Crippen molar-refractivity contribution in [3.63, 3.8) is 0 Å². The number of rotatable bonds is 3. The highest BCUT2D eigenvalue weighted by Gasteiger charge is 2.19. The normalized spacial score (nSPS) is 15.5. The number of hydrogen-bond donors (Lipinski definition) is 0. The SMILES string of the molecule is CO[C@H](OC(C)(C)C)N(C)C. The topological polar surface area (TPSA) is 21.7 Å². The van der Waals surface area contributed by atoms with Gasteiger partial charge in [0.25, 0.3) is 0 Å². The van der Waals surface area contributed by atoms with Gasteiger partial charge in [0.05, 0.1) is 5.60 Å². The van der Waals surface area contributed by atoms with Crippen molar-refractivity contribution in [1.29, 1.82) is 0 Å². The van der Waals surface area contributed by atoms with Crippen LogP contribution in [0.4, 0.5) is 0 Å². The quantitative estimate of drug-likeness (QED) is 0.582. The van der Waals surface area contributed by atoms with Crippen molar-refractivity contribution in [3.8, 4) is 0 Å². The molecule has 3 nitrogen and oxygen atoms in total. The Morgan fingerprint density at radius 2 is 1.64 bits per heavy atom. The molecular weight excluding hydrogens is 142 g/mol. The van der Waals surface area contributed by atoms with E-state index in [0.29, 0.717) is 0 Å². The van der Waals surface area contributed by atoms with Gasteiger partial charge in [0.2, 0.25) is 6.41 Å². The Morgan fingerprint density at radius 3 is 1.73 bits per heavy atom. The van der Waals surface area contributed by atoms with Crippen LogP contribution in [0.3, 0.4) is 0 Å². The molecule has 0 spiro atoms. The van der Waals surface area contributed by atoms with Crippen LogP contribution in [0, 0.1) is 0 Å². The maximum Gasteiger partial charge on any atom is 0.218 e. The molecule has 0 bridgehead atoms. The first-order valence-electron chi connectivity index (χ1n) is 3.74. The van der Waals surface area contributed by atoms with E-state index in [-0.39, 0.29) is 12.0 Å². The second kappa shape index (κ2) is 4.04. The van der Waals surface area contributed by atoms with Crippen LogP contribution in [0.15, 0.2) is 0 Å². The summed E-state index contributed by atoms with van der Waals surface area (Å²) in [5.74, 6) is 0. The Labute approximate surface area is 69.3 Å². The molecule has 0 radical (unpaired) electrons. The summed E-state index contributed by atoms with van der Waals surface area (Å²) >= 11 is 0. The van der Waals surface area contributed by atoms with E-state index in [1.807, 2.05) is 39.8 Å². The fraction of sp³-hybridized carbons (Fsp3) is 1.00. The molecule has 68 valence electrons. The lowest BCUT2D eigenvalue weighted by molar-refractivity contribution is -0.241. The van der Waals surface area contributed by atoms with Crippen LogP contribution in [-0.2, 0) is 9.47 Å². The standard InChI is InChI=1S/C8H19NO2/c1-8(2,3)11-7(10-6)9(4)5/h7H,1-6H3/t7-/m1/s1. The monoisotopic (exact) mass is 161 g/mol. The third-order valence-electron chi connectivity index (χ3n) is 1.08. The lowest BCUT2D eigenvalue weighted by Crippen LogP contribution is -2.38. The zero-order chi connectivity index (χ0) is 9.07. The molecule has 1 atom stereocenters. The van der Waals surface area contributed by atoms with Gasteiger partial charge in [-0.25, -0.2) is 0 Å². The molecule has 0 aromatic heterocycles. The predicted octanol–water partition coefficient (Wildman–Crippen LogP) is 1.29. The smallest absolute Gasteiger partial charge is 0.218 e. The van der Waals surface area contributed by atoms with Crippen LogP contribution in [0.25, 0.3) is 0 Å². The van der Waals surface area contributed by atoms with Crippen LogP contribution < -0.4 is 0 Å². The predicted molar refractivity (Wildman–Crippen MR) is 45.3 cm³/mol. The Kier molecular flexibility index (Phi) is 4.00. The molecule has 0 aliphatic rings. The Morgan fingerprint density at radius 1 is 1.18 bits per heavy atom. The average Bonchev–Trinajstić information content (AvgIpc) is 1.80. The van der Waals surface area contributed by atoms with Gasteiger partial charge < -0.3 is 9.47 Å². The highest BCUT2D eigenvalue weighted by atomic mass is 16.7. The minimum atomic E-state index is -0.255. The molecule has 11 heavy (non-hydrogen) atoms. The third-order valence-corrected chi connectivity index (χ3v) is 1.08. The molecule has 0 heterocycles. The van der Waals surface area contributed by atoms with E-state index in [1.54, 1.807) is 7.11 Å². The summed E-state index contributed by atoms with van der Waals surface area (Å²) in [7, 11) is 5.47. The summed E-state index contributed by atoms with van der Waals surface area (Å²) in [6, 6.07) is 0. The molecule has 0 N–H and O–H groups in total. The van der Waals surface area contributed by atoms with Crippen LogP contribution in [0.5, 0.6) is 0 Å². The molecule has 0 unspecified atom stereocenters. The molecule has 0 rings (SSSR count). The van der Waals surface area contributed by atoms with Gasteiger partial charge in [0, 0.05) is 7.11 Å². The Hall–Kier alpha value is -0.120. The summed E-state index contributed by atoms with van der Waals surface area (Å²) in [5, 5.41) is 0. The minimum Gasteiger partial charge on any atom is -0.343 e. The van der Waals surface area contributed by atoms with Crippen LogP contribution >= 0.6 is 0 Å². The molecule has 0 fully saturated rings. The largest absolute Gasteiger partial charge is 0.343 e. The van der Waals surface area contributed by atoms with Crippen molar-refractivity contribution in [3.05, 3.63) is 0 Å². The lowest BCUT2D eigenvalue weighted by atomic mass is 10.2. The number of methoxy groups -OCH3 is 1. The number of nitrogens with zero attached hydrogens (tertiary/aromatic N) is 1. The number of ether oxygens (including phenoxy) is 2. The lowest BCUT2D eigenvalue weighted by Gasteiger charge is -2.30. The van der Waals surface area contributed by atoms with E-state index < -0.39 is 0 Å². The van der Waals surface area contributed by atoms with Gasteiger partial charge in [-0.2, -0.15) is 0 Å². The Bertz CT molecular complexity index is 107. The van der Waals surface area contributed by atoms with Crippen molar-refractivity contribution in [2.45, 2.75) is 32.8 Å². The maximum absolute atomic E-state index is 5.55. The molecular formula is C8H19NO2. The average molecular weight is 161 g/mol. The maximum atomic E-state index is 5.55. The summed E-state index contributed by atoms with van der Waals surface area (Å²) in [5.41, 5.74) is -0.162. The zero-order valence-corrected chi connectivity index (χ0v) is 8.34. The fourth-order valence-corrected chi connectivity index (χ4v) is 0.667. The molecule has 0 amide bonds. The molecule has 0 aliphatic heterocycles. The molecule has 0 saturated heterocycles. The first-order valence-corrected chi connectivity index (χ1v) is 3.74. The molecule has 3 heteroatoms. The summed E-state index contributed by atoms with van der Waals surface area (Å²) in [6.45, 7) is 6.01. The van der Waals surface area contributed by atoms with E-state index in [0.717, 1.165) is 0 Å². The molecule has 0 aliphatic carbocycles. The van der Waals surface area contributed by atoms with E-state index in [1.165, 1.54) is 0 Å². The van der Waals surface area contributed by atoms with E-state index in [9.17, 15) is 0 Å².